The Morgan fingerprint density at radius 3 is 2.50 bits per heavy atom. The van der Waals surface area contributed by atoms with Gasteiger partial charge in [0, 0.05) is 24.3 Å². The normalized spacial score (nSPS) is 10.9. The number of rotatable bonds is 6. The monoisotopic (exact) mass is 398 g/mol. The summed E-state index contributed by atoms with van der Waals surface area (Å²) in [5, 5.41) is 13.3. The molecule has 2 aromatic heterocycles. The summed E-state index contributed by atoms with van der Waals surface area (Å²) in [6.45, 7) is 0. The van der Waals surface area contributed by atoms with Crippen LogP contribution in [0.4, 0.5) is 0 Å². The summed E-state index contributed by atoms with van der Waals surface area (Å²) in [4.78, 5) is 23.9. The molecule has 0 fully saturated rings. The lowest BCUT2D eigenvalue weighted by Crippen LogP contribution is -2.19. The molecule has 2 N–H and O–H groups in total. The molecule has 0 spiro atoms. The summed E-state index contributed by atoms with van der Waals surface area (Å²) < 4.78 is 3.65. The Bertz CT molecular complexity index is 1220. The van der Waals surface area contributed by atoms with Crippen molar-refractivity contribution in [3.63, 3.8) is 0 Å². The Balaban J connectivity index is 1.53. The molecule has 7 nitrogen and oxygen atoms in total. The first-order chi connectivity index (χ1) is 14.6. The molecule has 30 heavy (non-hydrogen) atoms. The highest BCUT2D eigenvalue weighted by Crippen LogP contribution is 2.15. The molecule has 0 saturated heterocycles. The quantitative estimate of drug-likeness (QED) is 0.383. The minimum absolute atomic E-state index is 0.194. The third-order valence-corrected chi connectivity index (χ3v) is 4.55. The predicted octanol–water partition coefficient (Wildman–Crippen LogP) is 3.73. The number of hydrazone groups is 1. The lowest BCUT2D eigenvalue weighted by molar-refractivity contribution is 0.0696. The standard InChI is InChI=1S/C23H18N4O3/c28-22(20-10-1-2-11-21(20)26-12-3-4-13-26)25-24-16-19-9-6-14-27(19)18-8-5-7-17(15-18)23(29)30/h1-16H,(H,25,28)(H,29,30)/b24-16-. The van der Waals surface area contributed by atoms with E-state index in [1.54, 1.807) is 41.1 Å². The average molecular weight is 398 g/mol. The van der Waals surface area contributed by atoms with Gasteiger partial charge in [-0.25, -0.2) is 10.2 Å². The first-order valence-electron chi connectivity index (χ1n) is 9.20. The van der Waals surface area contributed by atoms with E-state index in [1.807, 2.05) is 53.4 Å². The minimum Gasteiger partial charge on any atom is -0.478 e. The zero-order valence-corrected chi connectivity index (χ0v) is 15.8. The maximum absolute atomic E-state index is 12.7. The van der Waals surface area contributed by atoms with Crippen molar-refractivity contribution in [3.8, 4) is 11.4 Å². The fourth-order valence-electron chi connectivity index (χ4n) is 3.13. The van der Waals surface area contributed by atoms with Crippen molar-refractivity contribution in [1.82, 2.24) is 14.6 Å². The van der Waals surface area contributed by atoms with Crippen LogP contribution in [0, 0.1) is 0 Å². The van der Waals surface area contributed by atoms with E-state index < -0.39 is 5.97 Å². The van der Waals surface area contributed by atoms with Crippen LogP contribution in [-0.2, 0) is 0 Å². The van der Waals surface area contributed by atoms with Gasteiger partial charge in [0.15, 0.2) is 0 Å². The minimum atomic E-state index is -0.993. The molecule has 0 bridgehead atoms. The van der Waals surface area contributed by atoms with Crippen LogP contribution in [-0.4, -0.2) is 32.3 Å². The van der Waals surface area contributed by atoms with Crippen molar-refractivity contribution < 1.29 is 14.7 Å². The topological polar surface area (TPSA) is 88.6 Å². The van der Waals surface area contributed by atoms with Gasteiger partial charge in [-0.1, -0.05) is 18.2 Å². The van der Waals surface area contributed by atoms with E-state index in [4.69, 9.17) is 0 Å². The summed E-state index contributed by atoms with van der Waals surface area (Å²) in [6.07, 6.45) is 7.05. The SMILES string of the molecule is O=C(O)c1cccc(-n2cccc2/C=N\NC(=O)c2ccccc2-n2cccc2)c1. The van der Waals surface area contributed by atoms with Gasteiger partial charge < -0.3 is 14.2 Å². The van der Waals surface area contributed by atoms with Gasteiger partial charge in [-0.15, -0.1) is 0 Å². The third kappa shape index (κ3) is 3.90. The number of carbonyl (C=O) groups excluding carboxylic acids is 1. The highest BCUT2D eigenvalue weighted by Gasteiger charge is 2.11. The Labute approximate surface area is 172 Å². The van der Waals surface area contributed by atoms with E-state index >= 15 is 0 Å². The van der Waals surface area contributed by atoms with Gasteiger partial charge in [0.2, 0.25) is 0 Å². The second-order valence-corrected chi connectivity index (χ2v) is 6.47. The molecule has 0 saturated carbocycles. The molecule has 1 amide bonds. The van der Waals surface area contributed by atoms with E-state index in [2.05, 4.69) is 10.5 Å². The summed E-state index contributed by atoms with van der Waals surface area (Å²) in [5.41, 5.74) is 5.38. The number of nitrogens with zero attached hydrogens (tertiary/aromatic N) is 3. The molecule has 4 rings (SSSR count). The molecule has 2 aromatic carbocycles. The van der Waals surface area contributed by atoms with Crippen molar-refractivity contribution >= 4 is 18.1 Å². The van der Waals surface area contributed by atoms with E-state index in [0.717, 1.165) is 5.69 Å². The van der Waals surface area contributed by atoms with E-state index in [0.29, 0.717) is 16.9 Å². The van der Waals surface area contributed by atoms with Crippen LogP contribution < -0.4 is 5.43 Å². The molecule has 0 aliphatic rings. The van der Waals surface area contributed by atoms with Crippen molar-refractivity contribution in [2.75, 3.05) is 0 Å². The lowest BCUT2D eigenvalue weighted by atomic mass is 10.1. The fraction of sp³-hybridized carbons (Fsp3) is 0. The highest BCUT2D eigenvalue weighted by molar-refractivity contribution is 5.98. The van der Waals surface area contributed by atoms with Gasteiger partial charge in [-0.3, -0.25) is 4.79 Å². The van der Waals surface area contributed by atoms with Crippen LogP contribution in [0.25, 0.3) is 11.4 Å². The smallest absolute Gasteiger partial charge is 0.335 e. The first-order valence-corrected chi connectivity index (χ1v) is 9.20. The number of benzene rings is 2. The predicted molar refractivity (Wildman–Crippen MR) is 114 cm³/mol. The molecule has 4 aromatic rings. The zero-order chi connectivity index (χ0) is 20.9. The number of amides is 1. The molecule has 0 radical (unpaired) electrons. The average Bonchev–Trinajstić information content (AvgIpc) is 3.46. The van der Waals surface area contributed by atoms with E-state index in [1.165, 1.54) is 12.3 Å². The third-order valence-electron chi connectivity index (χ3n) is 4.55. The van der Waals surface area contributed by atoms with Gasteiger partial charge in [0.25, 0.3) is 5.91 Å². The lowest BCUT2D eigenvalue weighted by Gasteiger charge is -2.09. The summed E-state index contributed by atoms with van der Waals surface area (Å²) in [7, 11) is 0. The zero-order valence-electron chi connectivity index (χ0n) is 15.8. The molecule has 7 heteroatoms. The number of aromatic nitrogens is 2. The Hall–Kier alpha value is -4.39. The Morgan fingerprint density at radius 1 is 0.900 bits per heavy atom. The highest BCUT2D eigenvalue weighted by atomic mass is 16.4. The first kappa shape index (κ1) is 18.9. The van der Waals surface area contributed by atoms with E-state index in [-0.39, 0.29) is 11.5 Å². The fourth-order valence-corrected chi connectivity index (χ4v) is 3.13. The number of hydrogen-bond donors (Lipinski definition) is 2. The number of aromatic carboxylic acids is 1. The maximum Gasteiger partial charge on any atom is 0.335 e. The van der Waals surface area contributed by atoms with Crippen molar-refractivity contribution in [2.45, 2.75) is 0 Å². The molecule has 0 aliphatic heterocycles. The summed E-state index contributed by atoms with van der Waals surface area (Å²) >= 11 is 0. The Morgan fingerprint density at radius 2 is 1.70 bits per heavy atom. The van der Waals surface area contributed by atoms with Crippen LogP contribution in [0.15, 0.2) is 96.5 Å². The molecular formula is C23H18N4O3. The summed E-state index contributed by atoms with van der Waals surface area (Å²) in [6, 6.07) is 21.3. The molecule has 0 unspecified atom stereocenters. The molecule has 2 heterocycles. The Kier molecular flexibility index (Phi) is 5.25. The number of nitrogens with one attached hydrogen (secondary N) is 1. The second-order valence-electron chi connectivity index (χ2n) is 6.47. The van der Waals surface area contributed by atoms with Gasteiger partial charge in [0.05, 0.1) is 28.7 Å². The number of carbonyl (C=O) groups is 2. The maximum atomic E-state index is 12.7. The number of carboxylic acid groups (broad SMARTS) is 1. The van der Waals surface area contributed by atoms with Gasteiger partial charge >= 0.3 is 5.97 Å². The van der Waals surface area contributed by atoms with E-state index in [9.17, 15) is 14.7 Å². The van der Waals surface area contributed by atoms with Gasteiger partial charge in [-0.05, 0) is 54.6 Å². The number of para-hydroxylation sites is 1. The van der Waals surface area contributed by atoms with Crippen LogP contribution in [0.1, 0.15) is 26.4 Å². The van der Waals surface area contributed by atoms with Crippen molar-refractivity contribution in [1.29, 1.82) is 0 Å². The molecule has 148 valence electrons. The largest absolute Gasteiger partial charge is 0.478 e. The van der Waals surface area contributed by atoms with Crippen LogP contribution in [0.5, 0.6) is 0 Å². The number of hydrogen-bond acceptors (Lipinski definition) is 3. The van der Waals surface area contributed by atoms with Crippen LogP contribution in [0.3, 0.4) is 0 Å². The van der Waals surface area contributed by atoms with Crippen LogP contribution >= 0.6 is 0 Å². The van der Waals surface area contributed by atoms with Gasteiger partial charge in [0.1, 0.15) is 0 Å². The van der Waals surface area contributed by atoms with Crippen molar-refractivity contribution in [3.05, 3.63) is 108 Å². The molecular weight excluding hydrogens is 380 g/mol. The summed E-state index contributed by atoms with van der Waals surface area (Å²) in [5.74, 6) is -1.32. The van der Waals surface area contributed by atoms with Crippen LogP contribution in [0.2, 0.25) is 0 Å². The molecule has 0 atom stereocenters. The second kappa shape index (κ2) is 8.32. The molecule has 0 aliphatic carbocycles. The van der Waals surface area contributed by atoms with Gasteiger partial charge in [-0.2, -0.15) is 5.10 Å². The number of carboxylic acids is 1. The van der Waals surface area contributed by atoms with Crippen molar-refractivity contribution in [2.24, 2.45) is 5.10 Å².